The fourth-order valence-electron chi connectivity index (χ4n) is 2.12. The highest BCUT2D eigenvalue weighted by atomic mass is 35.5. The number of hydrogen-bond acceptors (Lipinski definition) is 2. The number of nitrogens with zero attached hydrogens (tertiary/aromatic N) is 1. The van der Waals surface area contributed by atoms with Crippen LogP contribution in [0.1, 0.15) is 47.1 Å². The molecule has 0 bridgehead atoms. The minimum Gasteiger partial charge on any atom is -0.305 e. The average Bonchev–Trinajstić information content (AvgIpc) is 2.65. The Morgan fingerprint density at radius 2 is 1.65 bits per heavy atom. The summed E-state index contributed by atoms with van der Waals surface area (Å²) in [5, 5.41) is 3.44. The highest BCUT2D eigenvalue weighted by Crippen LogP contribution is 2.29. The van der Waals surface area contributed by atoms with Gasteiger partial charge in [0.05, 0.1) is 10.7 Å². The lowest BCUT2D eigenvalue weighted by atomic mass is 9.93. The maximum absolute atomic E-state index is 13.3. The Morgan fingerprint density at radius 3 is 2.19 bits per heavy atom. The van der Waals surface area contributed by atoms with Crippen molar-refractivity contribution in [3.63, 3.8) is 0 Å². The van der Waals surface area contributed by atoms with E-state index in [1.54, 1.807) is 12.1 Å². The molecule has 146 valence electrons. The molecule has 2 nitrogen and oxygen atoms in total. The van der Waals surface area contributed by atoms with Gasteiger partial charge < -0.3 is 5.32 Å². The number of nitrogens with one attached hydrogen (secondary N) is 1. The van der Waals surface area contributed by atoms with Gasteiger partial charge in [0.1, 0.15) is 17.6 Å². The van der Waals surface area contributed by atoms with Crippen LogP contribution in [0.5, 0.6) is 0 Å². The van der Waals surface area contributed by atoms with Crippen LogP contribution in [0.2, 0.25) is 10.2 Å². The van der Waals surface area contributed by atoms with Crippen LogP contribution in [0.4, 0.5) is 8.78 Å². The van der Waals surface area contributed by atoms with E-state index in [0.717, 1.165) is 5.56 Å². The molecule has 6 heteroatoms. The Morgan fingerprint density at radius 1 is 1.04 bits per heavy atom. The second-order valence-electron chi connectivity index (χ2n) is 5.43. The minimum atomic E-state index is -0.488. The van der Waals surface area contributed by atoms with Gasteiger partial charge in [-0.2, -0.15) is 0 Å². The number of halogens is 4. The van der Waals surface area contributed by atoms with Gasteiger partial charge in [0.2, 0.25) is 0 Å². The summed E-state index contributed by atoms with van der Waals surface area (Å²) in [6.07, 6.45) is 0. The van der Waals surface area contributed by atoms with Gasteiger partial charge in [-0.15, -0.1) is 0 Å². The third-order valence-electron chi connectivity index (χ3n) is 3.39. The second kappa shape index (κ2) is 12.2. The number of alkyl halides is 1. The van der Waals surface area contributed by atoms with Crippen LogP contribution in [0.25, 0.3) is 11.3 Å². The second-order valence-corrected chi connectivity index (χ2v) is 6.23. The molecular formula is C20H28Cl2F2N2. The van der Waals surface area contributed by atoms with Crippen LogP contribution in [-0.4, -0.2) is 18.2 Å². The summed E-state index contributed by atoms with van der Waals surface area (Å²) >= 11 is 11.9. The first-order valence-corrected chi connectivity index (χ1v) is 9.53. The molecule has 0 saturated heterocycles. The largest absolute Gasteiger partial charge is 0.305 e. The maximum Gasteiger partial charge on any atom is 0.141 e. The van der Waals surface area contributed by atoms with Crippen molar-refractivity contribution in [3.8, 4) is 11.3 Å². The summed E-state index contributed by atoms with van der Waals surface area (Å²) in [6.45, 7) is 11.6. The first-order valence-electron chi connectivity index (χ1n) is 8.78. The molecule has 0 saturated carbocycles. The van der Waals surface area contributed by atoms with E-state index in [2.05, 4.69) is 10.3 Å². The molecular weight excluding hydrogens is 377 g/mol. The molecule has 1 aromatic heterocycles. The third kappa shape index (κ3) is 7.18. The van der Waals surface area contributed by atoms with Crippen LogP contribution in [0.3, 0.4) is 0 Å². The van der Waals surface area contributed by atoms with E-state index in [1.165, 1.54) is 12.1 Å². The van der Waals surface area contributed by atoms with E-state index in [-0.39, 0.29) is 11.6 Å². The molecule has 0 aliphatic carbocycles. The molecule has 1 N–H and O–H groups in total. The molecule has 0 amide bonds. The Balaban J connectivity index is 0.00000146. The number of pyridine rings is 1. The standard InChI is InChI=1S/C16H16Cl2F2N2.2C2H6/c1-16(2,21-6-5-19)11-8-14(22-15(18)9-11)10-3-4-13(20)12(17)7-10;2*1-2/h3-4,7-9,21H,5-6H2,1-2H3;2*1-2H3. The zero-order chi connectivity index (χ0) is 20.3. The fraction of sp³-hybridized carbons (Fsp3) is 0.450. The Bertz CT molecular complexity index is 677. The topological polar surface area (TPSA) is 24.9 Å². The molecule has 0 fully saturated rings. The van der Waals surface area contributed by atoms with Crippen LogP contribution in [0.15, 0.2) is 30.3 Å². The maximum atomic E-state index is 13.3. The summed E-state index contributed by atoms with van der Waals surface area (Å²) in [7, 11) is 0. The van der Waals surface area contributed by atoms with Crippen molar-refractivity contribution < 1.29 is 8.78 Å². The summed E-state index contributed by atoms with van der Waals surface area (Å²) in [5.74, 6) is -0.488. The zero-order valence-electron chi connectivity index (χ0n) is 16.3. The monoisotopic (exact) mass is 404 g/mol. The van der Waals surface area contributed by atoms with E-state index in [0.29, 0.717) is 16.4 Å². The van der Waals surface area contributed by atoms with E-state index >= 15 is 0 Å². The van der Waals surface area contributed by atoms with E-state index in [4.69, 9.17) is 23.2 Å². The minimum absolute atomic E-state index is 0.0237. The van der Waals surface area contributed by atoms with Crippen molar-refractivity contribution >= 4 is 23.2 Å². The summed E-state index contributed by atoms with van der Waals surface area (Å²) in [5.41, 5.74) is 1.63. The highest BCUT2D eigenvalue weighted by molar-refractivity contribution is 6.31. The van der Waals surface area contributed by atoms with Crippen molar-refractivity contribution in [2.45, 2.75) is 47.1 Å². The van der Waals surface area contributed by atoms with Crippen LogP contribution < -0.4 is 5.32 Å². The molecule has 1 heterocycles. The van der Waals surface area contributed by atoms with E-state index < -0.39 is 18.0 Å². The van der Waals surface area contributed by atoms with Gasteiger partial charge in [-0.1, -0.05) is 50.9 Å². The van der Waals surface area contributed by atoms with Crippen molar-refractivity contribution in [2.75, 3.05) is 13.2 Å². The van der Waals surface area contributed by atoms with Gasteiger partial charge in [0.15, 0.2) is 0 Å². The molecule has 1 aromatic carbocycles. The molecule has 0 spiro atoms. The van der Waals surface area contributed by atoms with Crippen LogP contribution in [0, 0.1) is 5.82 Å². The molecule has 0 radical (unpaired) electrons. The normalized spacial score (nSPS) is 10.4. The van der Waals surface area contributed by atoms with Crippen molar-refractivity contribution in [2.24, 2.45) is 0 Å². The number of aromatic nitrogens is 1. The Kier molecular flexibility index (Phi) is 11.6. The van der Waals surface area contributed by atoms with Gasteiger partial charge in [-0.3, -0.25) is 0 Å². The average molecular weight is 405 g/mol. The molecule has 2 aromatic rings. The highest BCUT2D eigenvalue weighted by Gasteiger charge is 2.21. The van der Waals surface area contributed by atoms with Gasteiger partial charge in [0.25, 0.3) is 0 Å². The smallest absolute Gasteiger partial charge is 0.141 e. The zero-order valence-corrected chi connectivity index (χ0v) is 17.8. The molecule has 0 atom stereocenters. The first-order chi connectivity index (χ1) is 12.3. The van der Waals surface area contributed by atoms with Crippen molar-refractivity contribution in [3.05, 3.63) is 51.9 Å². The van der Waals surface area contributed by atoms with E-state index in [1.807, 2.05) is 47.6 Å². The van der Waals surface area contributed by atoms with Gasteiger partial charge in [-0.05, 0) is 49.7 Å². The number of rotatable bonds is 5. The quantitative estimate of drug-likeness (QED) is 0.540. The Labute approximate surface area is 165 Å². The van der Waals surface area contributed by atoms with Crippen LogP contribution in [-0.2, 0) is 5.54 Å². The summed E-state index contributed by atoms with van der Waals surface area (Å²) in [6, 6.07) is 7.93. The Hall–Kier alpha value is -1.23. The fourth-order valence-corrected chi connectivity index (χ4v) is 2.51. The lowest BCUT2D eigenvalue weighted by molar-refractivity contribution is 0.365. The molecule has 0 unspecified atom stereocenters. The van der Waals surface area contributed by atoms with Crippen molar-refractivity contribution in [1.29, 1.82) is 0 Å². The predicted octanol–water partition coefficient (Wildman–Crippen LogP) is 7.04. The first kappa shape index (κ1) is 24.8. The molecule has 26 heavy (non-hydrogen) atoms. The van der Waals surface area contributed by atoms with Gasteiger partial charge >= 0.3 is 0 Å². The third-order valence-corrected chi connectivity index (χ3v) is 3.88. The molecule has 0 aliphatic heterocycles. The SMILES string of the molecule is CC.CC.CC(C)(NCCF)c1cc(Cl)nc(-c2ccc(F)c(Cl)c2)c1. The van der Waals surface area contributed by atoms with Crippen LogP contribution >= 0.6 is 23.2 Å². The lowest BCUT2D eigenvalue weighted by Gasteiger charge is -2.27. The van der Waals surface area contributed by atoms with Gasteiger partial charge in [0, 0.05) is 17.6 Å². The van der Waals surface area contributed by atoms with E-state index in [9.17, 15) is 8.78 Å². The lowest BCUT2D eigenvalue weighted by Crippen LogP contribution is -2.37. The predicted molar refractivity (Wildman–Crippen MR) is 109 cm³/mol. The molecule has 2 rings (SSSR count). The number of hydrogen-bond donors (Lipinski definition) is 1. The van der Waals surface area contributed by atoms with Crippen molar-refractivity contribution in [1.82, 2.24) is 10.3 Å². The summed E-state index contributed by atoms with van der Waals surface area (Å²) < 4.78 is 25.7. The van der Waals surface area contributed by atoms with Gasteiger partial charge in [-0.25, -0.2) is 13.8 Å². The molecule has 0 aliphatic rings. The summed E-state index contributed by atoms with van der Waals surface area (Å²) in [4.78, 5) is 4.25. The number of benzene rings is 1.